The first-order chi connectivity index (χ1) is 8.24. The fourth-order valence-electron chi connectivity index (χ4n) is 2.72. The van der Waals surface area contributed by atoms with Crippen molar-refractivity contribution in [3.8, 4) is 5.75 Å². The van der Waals surface area contributed by atoms with E-state index in [0.29, 0.717) is 11.8 Å². The van der Waals surface area contributed by atoms with Crippen molar-refractivity contribution in [1.82, 2.24) is 5.32 Å². The Morgan fingerprint density at radius 3 is 2.06 bits per heavy atom. The van der Waals surface area contributed by atoms with Crippen LogP contribution >= 0.6 is 0 Å². The molecule has 2 saturated carbocycles. The highest BCUT2D eigenvalue weighted by molar-refractivity contribution is 5.27. The molecule has 0 heterocycles. The van der Waals surface area contributed by atoms with Crippen molar-refractivity contribution in [3.05, 3.63) is 29.8 Å². The maximum atomic E-state index is 9.30. The predicted molar refractivity (Wildman–Crippen MR) is 68.9 cm³/mol. The molecule has 2 aliphatic carbocycles. The molecule has 3 rings (SSSR count). The van der Waals surface area contributed by atoms with Gasteiger partial charge < -0.3 is 10.4 Å². The molecule has 17 heavy (non-hydrogen) atoms. The number of hydrogen-bond donors (Lipinski definition) is 2. The van der Waals surface area contributed by atoms with Crippen molar-refractivity contribution in [3.63, 3.8) is 0 Å². The molecule has 2 nitrogen and oxygen atoms in total. The fraction of sp³-hybridized carbons (Fsp3) is 0.600. The first-order valence-corrected chi connectivity index (χ1v) is 6.79. The average Bonchev–Trinajstić information content (AvgIpc) is 3.17. The number of aromatic hydroxyl groups is 1. The molecule has 0 saturated heterocycles. The van der Waals surface area contributed by atoms with Crippen LogP contribution in [-0.4, -0.2) is 11.1 Å². The number of phenols is 1. The monoisotopic (exact) mass is 231 g/mol. The summed E-state index contributed by atoms with van der Waals surface area (Å²) in [6.07, 6.45) is 5.65. The average molecular weight is 231 g/mol. The lowest BCUT2D eigenvalue weighted by atomic mass is 10.0. The Morgan fingerprint density at radius 2 is 1.59 bits per heavy atom. The predicted octanol–water partition coefficient (Wildman–Crippen LogP) is 3.23. The maximum absolute atomic E-state index is 9.30. The van der Waals surface area contributed by atoms with Gasteiger partial charge >= 0.3 is 0 Å². The van der Waals surface area contributed by atoms with Crippen LogP contribution in [-0.2, 0) is 0 Å². The van der Waals surface area contributed by atoms with Crippen molar-refractivity contribution in [1.29, 1.82) is 0 Å². The molecule has 1 unspecified atom stereocenters. The number of hydrogen-bond acceptors (Lipinski definition) is 2. The highest BCUT2D eigenvalue weighted by Crippen LogP contribution is 2.45. The Bertz CT molecular complexity index is 366. The van der Waals surface area contributed by atoms with Crippen molar-refractivity contribution >= 4 is 0 Å². The van der Waals surface area contributed by atoms with E-state index >= 15 is 0 Å². The minimum atomic E-state index is 0.349. The zero-order valence-electron chi connectivity index (χ0n) is 10.4. The van der Waals surface area contributed by atoms with Crippen molar-refractivity contribution < 1.29 is 5.11 Å². The lowest BCUT2D eigenvalue weighted by Crippen LogP contribution is -2.35. The van der Waals surface area contributed by atoms with Crippen LogP contribution in [0.3, 0.4) is 0 Å². The van der Waals surface area contributed by atoms with Crippen LogP contribution in [0, 0.1) is 11.8 Å². The highest BCUT2D eigenvalue weighted by Gasteiger charge is 2.41. The molecule has 0 bridgehead atoms. The number of benzene rings is 1. The van der Waals surface area contributed by atoms with Crippen LogP contribution < -0.4 is 5.32 Å². The van der Waals surface area contributed by atoms with Gasteiger partial charge in [-0.2, -0.15) is 0 Å². The second-order valence-electron chi connectivity index (χ2n) is 5.68. The van der Waals surface area contributed by atoms with Crippen LogP contribution in [0.15, 0.2) is 24.3 Å². The lowest BCUT2D eigenvalue weighted by molar-refractivity contribution is 0.377. The van der Waals surface area contributed by atoms with E-state index in [9.17, 15) is 5.11 Å². The van der Waals surface area contributed by atoms with Crippen molar-refractivity contribution in [2.75, 3.05) is 0 Å². The molecular formula is C15H21NO. The van der Waals surface area contributed by atoms with Gasteiger partial charge in [-0.25, -0.2) is 0 Å². The molecule has 1 aromatic rings. The summed E-state index contributed by atoms with van der Waals surface area (Å²) in [5.74, 6) is 2.21. The molecule has 0 spiro atoms. The highest BCUT2D eigenvalue weighted by atomic mass is 16.3. The molecule has 0 aliphatic heterocycles. The van der Waals surface area contributed by atoms with Gasteiger partial charge in [-0.3, -0.25) is 0 Å². The summed E-state index contributed by atoms with van der Waals surface area (Å²) in [6.45, 7) is 2.23. The van der Waals surface area contributed by atoms with E-state index in [-0.39, 0.29) is 0 Å². The summed E-state index contributed by atoms with van der Waals surface area (Å²) in [7, 11) is 0. The third-order valence-electron chi connectivity index (χ3n) is 4.10. The lowest BCUT2D eigenvalue weighted by Gasteiger charge is -2.23. The van der Waals surface area contributed by atoms with Gasteiger partial charge in [0.1, 0.15) is 5.75 Å². The number of nitrogens with one attached hydrogen (secondary N) is 1. The molecule has 2 fully saturated rings. The molecular weight excluding hydrogens is 210 g/mol. The summed E-state index contributed by atoms with van der Waals surface area (Å²) in [5.41, 5.74) is 1.27. The minimum Gasteiger partial charge on any atom is -0.508 e. The summed E-state index contributed by atoms with van der Waals surface area (Å²) in [5, 5.41) is 13.1. The Balaban J connectivity index is 1.64. The molecule has 92 valence electrons. The van der Waals surface area contributed by atoms with E-state index in [0.717, 1.165) is 17.9 Å². The maximum Gasteiger partial charge on any atom is 0.115 e. The fourth-order valence-corrected chi connectivity index (χ4v) is 2.72. The molecule has 1 atom stereocenters. The van der Waals surface area contributed by atoms with Crippen LogP contribution in [0.25, 0.3) is 0 Å². The van der Waals surface area contributed by atoms with E-state index < -0.39 is 0 Å². The van der Waals surface area contributed by atoms with Gasteiger partial charge in [-0.05, 0) is 62.1 Å². The second-order valence-corrected chi connectivity index (χ2v) is 5.68. The van der Waals surface area contributed by atoms with E-state index in [1.165, 1.54) is 31.2 Å². The normalized spacial score (nSPS) is 21.8. The molecule has 1 aromatic carbocycles. The molecule has 2 aliphatic rings. The molecule has 0 aromatic heterocycles. The van der Waals surface area contributed by atoms with Gasteiger partial charge in [0.2, 0.25) is 0 Å². The van der Waals surface area contributed by atoms with Gasteiger partial charge in [0, 0.05) is 12.1 Å². The van der Waals surface area contributed by atoms with Gasteiger partial charge in [-0.15, -0.1) is 0 Å². The molecule has 0 radical (unpaired) electrons. The summed E-state index contributed by atoms with van der Waals surface area (Å²) in [6, 6.07) is 8.71. The largest absolute Gasteiger partial charge is 0.508 e. The van der Waals surface area contributed by atoms with Gasteiger partial charge in [0.25, 0.3) is 0 Å². The van der Waals surface area contributed by atoms with Crippen LogP contribution in [0.5, 0.6) is 5.75 Å². The van der Waals surface area contributed by atoms with E-state index in [1.54, 1.807) is 12.1 Å². The minimum absolute atomic E-state index is 0.349. The smallest absolute Gasteiger partial charge is 0.115 e. The number of rotatable bonds is 5. The third kappa shape index (κ3) is 2.63. The Morgan fingerprint density at radius 1 is 1.06 bits per heavy atom. The quantitative estimate of drug-likeness (QED) is 0.815. The molecule has 2 N–H and O–H groups in total. The van der Waals surface area contributed by atoms with Gasteiger partial charge in [-0.1, -0.05) is 12.1 Å². The Hall–Kier alpha value is -1.02. The summed E-state index contributed by atoms with van der Waals surface area (Å²) >= 11 is 0. The molecule has 0 amide bonds. The van der Waals surface area contributed by atoms with Gasteiger partial charge in [0.05, 0.1) is 0 Å². The third-order valence-corrected chi connectivity index (χ3v) is 4.10. The SMILES string of the molecule is CC(NC(C1CC1)C1CC1)c1ccc(O)cc1. The Labute approximate surface area is 103 Å². The standard InChI is InChI=1S/C15H21NO/c1-10(11-6-8-14(17)9-7-11)16-15(12-2-3-12)13-4-5-13/h6-10,12-13,15-17H,2-5H2,1H3. The van der Waals surface area contributed by atoms with E-state index in [2.05, 4.69) is 12.2 Å². The zero-order valence-corrected chi connectivity index (χ0v) is 10.4. The van der Waals surface area contributed by atoms with E-state index in [1.807, 2.05) is 12.1 Å². The van der Waals surface area contributed by atoms with Crippen LogP contribution in [0.4, 0.5) is 0 Å². The van der Waals surface area contributed by atoms with Crippen molar-refractivity contribution in [2.45, 2.75) is 44.7 Å². The topological polar surface area (TPSA) is 32.3 Å². The van der Waals surface area contributed by atoms with Crippen LogP contribution in [0.2, 0.25) is 0 Å². The summed E-state index contributed by atoms with van der Waals surface area (Å²) < 4.78 is 0. The van der Waals surface area contributed by atoms with Gasteiger partial charge in [0.15, 0.2) is 0 Å². The molecule has 2 heteroatoms. The summed E-state index contributed by atoms with van der Waals surface area (Å²) in [4.78, 5) is 0. The Kier molecular flexibility index (Phi) is 2.83. The van der Waals surface area contributed by atoms with Crippen molar-refractivity contribution in [2.24, 2.45) is 11.8 Å². The first-order valence-electron chi connectivity index (χ1n) is 6.79. The second kappa shape index (κ2) is 4.34. The number of phenolic OH excluding ortho intramolecular Hbond substituents is 1. The van der Waals surface area contributed by atoms with Crippen LogP contribution in [0.1, 0.15) is 44.2 Å². The zero-order chi connectivity index (χ0) is 11.8. The van der Waals surface area contributed by atoms with E-state index in [4.69, 9.17) is 0 Å². The first kappa shape index (κ1) is 11.1.